The van der Waals surface area contributed by atoms with Crippen LogP contribution in [0.25, 0.3) is 23.1 Å². The Bertz CT molecular complexity index is 669. The lowest BCUT2D eigenvalue weighted by atomic mass is 10.1. The summed E-state index contributed by atoms with van der Waals surface area (Å²) >= 11 is 0. The fourth-order valence-electron chi connectivity index (χ4n) is 2.28. The lowest BCUT2D eigenvalue weighted by Crippen LogP contribution is -2.24. The summed E-state index contributed by atoms with van der Waals surface area (Å²) in [5.74, 6) is 0.493. The number of hydrogen-bond donors (Lipinski definition) is 1. The second-order valence-corrected chi connectivity index (χ2v) is 3.94. The minimum atomic E-state index is -0.230. The van der Waals surface area contributed by atoms with Crippen LogP contribution in [0, 0.1) is 5.82 Å². The molecule has 1 aromatic carbocycles. The first-order chi connectivity index (χ1) is 7.81. The van der Waals surface area contributed by atoms with Crippen LogP contribution in [0.15, 0.2) is 12.1 Å². The molecular weight excluding hydrogens is 205 g/mol. The average Bonchev–Trinajstić information content (AvgIpc) is 2.70. The highest BCUT2D eigenvalue weighted by molar-refractivity contribution is 5.88. The zero-order chi connectivity index (χ0) is 11.1. The van der Waals surface area contributed by atoms with Gasteiger partial charge in [-0.2, -0.15) is 0 Å². The molecule has 0 bridgehead atoms. The largest absolute Gasteiger partial charge is 0.496 e. The van der Waals surface area contributed by atoms with Crippen LogP contribution in [0.3, 0.4) is 0 Å². The van der Waals surface area contributed by atoms with E-state index >= 15 is 0 Å². The van der Waals surface area contributed by atoms with E-state index in [1.54, 1.807) is 13.2 Å². The van der Waals surface area contributed by atoms with E-state index in [0.717, 1.165) is 34.5 Å². The maximum Gasteiger partial charge on any atom is 0.147 e. The Morgan fingerprint density at radius 1 is 1.25 bits per heavy atom. The molecule has 0 aliphatic heterocycles. The standard InChI is InChI=1S/C13H12FNO/c1-16-11-7-6-9(14)13-12(11)8-4-2-3-5-10(8)15-13/h4-7,15H,2-3H2,1H3. The smallest absolute Gasteiger partial charge is 0.147 e. The van der Waals surface area contributed by atoms with Crippen molar-refractivity contribution < 1.29 is 9.13 Å². The Morgan fingerprint density at radius 3 is 2.88 bits per heavy atom. The number of nitrogens with one attached hydrogen (secondary N) is 1. The number of ether oxygens (including phenoxy) is 1. The predicted molar refractivity (Wildman–Crippen MR) is 62.2 cm³/mol. The molecule has 2 aromatic rings. The van der Waals surface area contributed by atoms with Crippen molar-refractivity contribution in [2.75, 3.05) is 7.11 Å². The number of methoxy groups -OCH3 is 1. The Balaban J connectivity index is 2.58. The van der Waals surface area contributed by atoms with Gasteiger partial charge in [0.2, 0.25) is 0 Å². The molecule has 0 atom stereocenters. The molecule has 1 heterocycles. The van der Waals surface area contributed by atoms with Crippen molar-refractivity contribution in [3.05, 3.63) is 28.5 Å². The first-order valence-electron chi connectivity index (χ1n) is 5.36. The molecule has 3 heteroatoms. The SMILES string of the molecule is COc1ccc(F)c2[nH]c3c(c12)=CCCC=3. The number of aromatic nitrogens is 1. The van der Waals surface area contributed by atoms with Crippen LogP contribution in [0.2, 0.25) is 0 Å². The molecule has 0 radical (unpaired) electrons. The highest BCUT2D eigenvalue weighted by Gasteiger charge is 2.11. The summed E-state index contributed by atoms with van der Waals surface area (Å²) in [4.78, 5) is 3.12. The second kappa shape index (κ2) is 3.37. The van der Waals surface area contributed by atoms with Crippen molar-refractivity contribution in [3.63, 3.8) is 0 Å². The van der Waals surface area contributed by atoms with Gasteiger partial charge < -0.3 is 9.72 Å². The number of benzene rings is 1. The van der Waals surface area contributed by atoms with Crippen molar-refractivity contribution in [1.82, 2.24) is 4.98 Å². The Hall–Kier alpha value is -1.77. The number of H-pyrrole nitrogens is 1. The van der Waals surface area contributed by atoms with Gasteiger partial charge in [-0.05, 0) is 25.0 Å². The van der Waals surface area contributed by atoms with Gasteiger partial charge >= 0.3 is 0 Å². The number of rotatable bonds is 1. The third-order valence-electron chi connectivity index (χ3n) is 3.02. The lowest BCUT2D eigenvalue weighted by Gasteiger charge is -2.02. The van der Waals surface area contributed by atoms with Gasteiger partial charge in [0.1, 0.15) is 11.6 Å². The van der Waals surface area contributed by atoms with Crippen LogP contribution in [-0.2, 0) is 0 Å². The Morgan fingerprint density at radius 2 is 2.06 bits per heavy atom. The number of aromatic amines is 1. The molecule has 1 N–H and O–H groups in total. The van der Waals surface area contributed by atoms with Gasteiger partial charge in [0.15, 0.2) is 0 Å². The molecule has 82 valence electrons. The van der Waals surface area contributed by atoms with E-state index in [2.05, 4.69) is 17.1 Å². The highest BCUT2D eigenvalue weighted by Crippen LogP contribution is 2.23. The first kappa shape index (κ1) is 9.46. The molecule has 1 aromatic heterocycles. The second-order valence-electron chi connectivity index (χ2n) is 3.94. The Labute approximate surface area is 92.0 Å². The highest BCUT2D eigenvalue weighted by atomic mass is 19.1. The normalized spacial score (nSPS) is 14.1. The van der Waals surface area contributed by atoms with Crippen LogP contribution in [0.4, 0.5) is 4.39 Å². The van der Waals surface area contributed by atoms with Gasteiger partial charge in [-0.3, -0.25) is 0 Å². The van der Waals surface area contributed by atoms with Crippen LogP contribution in [-0.4, -0.2) is 12.1 Å². The van der Waals surface area contributed by atoms with Crippen LogP contribution in [0.5, 0.6) is 5.75 Å². The number of hydrogen-bond acceptors (Lipinski definition) is 1. The molecule has 1 aliphatic rings. The van der Waals surface area contributed by atoms with Gasteiger partial charge in [0, 0.05) is 10.6 Å². The van der Waals surface area contributed by atoms with Crippen molar-refractivity contribution in [2.24, 2.45) is 0 Å². The molecule has 0 fully saturated rings. The van der Waals surface area contributed by atoms with Crippen LogP contribution >= 0.6 is 0 Å². The molecule has 3 rings (SSSR count). The minimum absolute atomic E-state index is 0.230. The summed E-state index contributed by atoms with van der Waals surface area (Å²) < 4.78 is 19.0. The monoisotopic (exact) mass is 217 g/mol. The average molecular weight is 217 g/mol. The van der Waals surface area contributed by atoms with Crippen molar-refractivity contribution in [1.29, 1.82) is 0 Å². The van der Waals surface area contributed by atoms with Gasteiger partial charge in [-0.15, -0.1) is 0 Å². The van der Waals surface area contributed by atoms with E-state index in [0.29, 0.717) is 5.52 Å². The molecule has 0 saturated heterocycles. The zero-order valence-corrected chi connectivity index (χ0v) is 9.01. The fraction of sp³-hybridized carbons (Fsp3) is 0.231. The molecule has 0 spiro atoms. The van der Waals surface area contributed by atoms with E-state index in [1.165, 1.54) is 6.07 Å². The summed E-state index contributed by atoms with van der Waals surface area (Å²) in [5.41, 5.74) is 0.541. The van der Waals surface area contributed by atoms with Crippen molar-refractivity contribution in [3.8, 4) is 5.75 Å². The third kappa shape index (κ3) is 1.18. The number of fused-ring (bicyclic) bond motifs is 3. The summed E-state index contributed by atoms with van der Waals surface area (Å²) in [6.45, 7) is 0. The molecule has 2 nitrogen and oxygen atoms in total. The summed E-state index contributed by atoms with van der Waals surface area (Å²) in [5, 5.41) is 2.93. The number of halogens is 1. The van der Waals surface area contributed by atoms with E-state index < -0.39 is 0 Å². The van der Waals surface area contributed by atoms with Gasteiger partial charge in [-0.25, -0.2) is 4.39 Å². The summed E-state index contributed by atoms with van der Waals surface area (Å²) in [6.07, 6.45) is 6.24. The van der Waals surface area contributed by atoms with Crippen molar-refractivity contribution in [2.45, 2.75) is 12.8 Å². The Kier molecular flexibility index (Phi) is 1.99. The van der Waals surface area contributed by atoms with Gasteiger partial charge in [0.05, 0.1) is 18.0 Å². The van der Waals surface area contributed by atoms with Crippen molar-refractivity contribution >= 4 is 23.1 Å². The molecular formula is C13H12FNO. The molecule has 16 heavy (non-hydrogen) atoms. The molecule has 0 amide bonds. The molecule has 0 saturated carbocycles. The maximum atomic E-state index is 13.7. The van der Waals surface area contributed by atoms with Crippen LogP contribution in [0.1, 0.15) is 12.8 Å². The summed E-state index contributed by atoms with van der Waals surface area (Å²) in [7, 11) is 1.61. The fourth-order valence-corrected chi connectivity index (χ4v) is 2.28. The molecule has 0 unspecified atom stereocenters. The quantitative estimate of drug-likeness (QED) is 0.772. The van der Waals surface area contributed by atoms with Crippen LogP contribution < -0.4 is 15.3 Å². The van der Waals surface area contributed by atoms with E-state index in [4.69, 9.17) is 4.74 Å². The zero-order valence-electron chi connectivity index (χ0n) is 9.01. The van der Waals surface area contributed by atoms with Gasteiger partial charge in [0.25, 0.3) is 0 Å². The molecule has 1 aliphatic carbocycles. The summed E-state index contributed by atoms with van der Waals surface area (Å²) in [6, 6.07) is 3.11. The third-order valence-corrected chi connectivity index (χ3v) is 3.02. The lowest BCUT2D eigenvalue weighted by molar-refractivity contribution is 0.419. The van der Waals surface area contributed by atoms with E-state index in [9.17, 15) is 4.39 Å². The topological polar surface area (TPSA) is 25.0 Å². The van der Waals surface area contributed by atoms with E-state index in [-0.39, 0.29) is 5.82 Å². The predicted octanol–water partition coefficient (Wildman–Crippen LogP) is 1.67. The van der Waals surface area contributed by atoms with E-state index in [1.807, 2.05) is 0 Å². The van der Waals surface area contributed by atoms with Gasteiger partial charge in [-0.1, -0.05) is 12.2 Å². The first-order valence-corrected chi connectivity index (χ1v) is 5.36. The minimum Gasteiger partial charge on any atom is -0.496 e. The maximum absolute atomic E-state index is 13.7.